The van der Waals surface area contributed by atoms with Gasteiger partial charge in [-0.3, -0.25) is 0 Å². The van der Waals surface area contributed by atoms with Crippen molar-refractivity contribution in [3.63, 3.8) is 0 Å². The molecule has 1 amide bonds. The maximum absolute atomic E-state index is 13.0. The van der Waals surface area contributed by atoms with Crippen LogP contribution in [0.2, 0.25) is 0 Å². The minimum Gasteiger partial charge on any atom is -0.445 e. The highest BCUT2D eigenvalue weighted by Gasteiger charge is 2.42. The molecule has 2 heterocycles. The first kappa shape index (κ1) is 17.8. The van der Waals surface area contributed by atoms with Crippen LogP contribution in [-0.2, 0) is 16.1 Å². The highest BCUT2D eigenvalue weighted by molar-refractivity contribution is 5.68. The molecule has 1 saturated carbocycles. The second-order valence-corrected chi connectivity index (χ2v) is 8.05. The number of nitrogens with zero attached hydrogens (tertiary/aromatic N) is 1. The lowest BCUT2D eigenvalue weighted by atomic mass is 9.98. The Morgan fingerprint density at radius 3 is 2.50 bits per heavy atom. The van der Waals surface area contributed by atoms with Crippen LogP contribution in [0.3, 0.4) is 0 Å². The van der Waals surface area contributed by atoms with Crippen LogP contribution in [-0.4, -0.2) is 49.9 Å². The Hall–Kier alpha value is -1.59. The standard InChI is InChI=1S/C21H30N2O3/c24-21(26-15-17-4-2-1-3-5-17)23(14-16-6-8-25-9-7-16)20-10-18-12-22-13-19(18)11-20/h1-5,16,18-20,22H,6-15H2. The topological polar surface area (TPSA) is 50.8 Å². The van der Waals surface area contributed by atoms with Crippen molar-refractivity contribution in [3.8, 4) is 0 Å². The van der Waals surface area contributed by atoms with Gasteiger partial charge in [0.15, 0.2) is 0 Å². The van der Waals surface area contributed by atoms with Crippen molar-refractivity contribution in [2.45, 2.75) is 38.3 Å². The molecule has 0 spiro atoms. The van der Waals surface area contributed by atoms with Gasteiger partial charge >= 0.3 is 6.09 Å². The molecular formula is C21H30N2O3. The number of nitrogens with one attached hydrogen (secondary N) is 1. The summed E-state index contributed by atoms with van der Waals surface area (Å²) in [5, 5.41) is 3.49. The van der Waals surface area contributed by atoms with E-state index in [1.807, 2.05) is 30.3 Å². The molecule has 2 atom stereocenters. The van der Waals surface area contributed by atoms with E-state index in [-0.39, 0.29) is 6.09 Å². The number of ether oxygens (including phenoxy) is 2. The second-order valence-electron chi connectivity index (χ2n) is 8.05. The Morgan fingerprint density at radius 1 is 1.12 bits per heavy atom. The zero-order valence-corrected chi connectivity index (χ0v) is 15.4. The Morgan fingerprint density at radius 2 is 1.81 bits per heavy atom. The molecule has 26 heavy (non-hydrogen) atoms. The zero-order valence-electron chi connectivity index (χ0n) is 15.4. The minimum absolute atomic E-state index is 0.140. The van der Waals surface area contributed by atoms with Crippen LogP contribution in [0.1, 0.15) is 31.2 Å². The fraction of sp³-hybridized carbons (Fsp3) is 0.667. The highest BCUT2D eigenvalue weighted by atomic mass is 16.6. The number of amides is 1. The lowest BCUT2D eigenvalue weighted by Gasteiger charge is -2.33. The molecule has 0 bridgehead atoms. The molecule has 1 aromatic rings. The van der Waals surface area contributed by atoms with Gasteiger partial charge in [0, 0.05) is 25.8 Å². The summed E-state index contributed by atoms with van der Waals surface area (Å²) >= 11 is 0. The molecule has 142 valence electrons. The maximum atomic E-state index is 13.0. The average molecular weight is 358 g/mol. The van der Waals surface area contributed by atoms with Crippen molar-refractivity contribution >= 4 is 6.09 Å². The van der Waals surface area contributed by atoms with E-state index in [4.69, 9.17) is 9.47 Å². The number of carbonyl (C=O) groups excluding carboxylic acids is 1. The molecule has 5 heteroatoms. The Bertz CT molecular complexity index is 576. The van der Waals surface area contributed by atoms with Gasteiger partial charge in [0.1, 0.15) is 6.61 Å². The van der Waals surface area contributed by atoms with Gasteiger partial charge in [-0.05, 0) is 62.1 Å². The van der Waals surface area contributed by atoms with E-state index < -0.39 is 0 Å². The van der Waals surface area contributed by atoms with E-state index in [9.17, 15) is 4.79 Å². The molecule has 3 fully saturated rings. The van der Waals surface area contributed by atoms with Crippen molar-refractivity contribution in [2.75, 3.05) is 32.8 Å². The average Bonchev–Trinajstić information content (AvgIpc) is 3.28. The van der Waals surface area contributed by atoms with Crippen LogP contribution in [0, 0.1) is 17.8 Å². The zero-order chi connectivity index (χ0) is 17.8. The van der Waals surface area contributed by atoms with E-state index in [0.29, 0.717) is 18.6 Å². The van der Waals surface area contributed by atoms with Crippen LogP contribution in [0.15, 0.2) is 30.3 Å². The molecular weight excluding hydrogens is 328 g/mol. The van der Waals surface area contributed by atoms with E-state index in [1.54, 1.807) is 0 Å². The van der Waals surface area contributed by atoms with Crippen LogP contribution in [0.5, 0.6) is 0 Å². The van der Waals surface area contributed by atoms with E-state index >= 15 is 0 Å². The predicted octanol–water partition coefficient (Wildman–Crippen LogP) is 3.05. The third-order valence-corrected chi connectivity index (χ3v) is 6.31. The number of rotatable bonds is 5. The number of hydrogen-bond acceptors (Lipinski definition) is 4. The third kappa shape index (κ3) is 4.21. The molecule has 1 N–H and O–H groups in total. The molecule has 0 aromatic heterocycles. The fourth-order valence-corrected chi connectivity index (χ4v) is 4.77. The minimum atomic E-state index is -0.140. The van der Waals surface area contributed by atoms with Gasteiger partial charge in [0.25, 0.3) is 0 Å². The van der Waals surface area contributed by atoms with Gasteiger partial charge in [-0.15, -0.1) is 0 Å². The van der Waals surface area contributed by atoms with Gasteiger partial charge in [0.05, 0.1) is 0 Å². The Labute approximate surface area is 156 Å². The Balaban J connectivity index is 1.40. The van der Waals surface area contributed by atoms with Crippen LogP contribution < -0.4 is 5.32 Å². The third-order valence-electron chi connectivity index (χ3n) is 6.31. The van der Waals surface area contributed by atoms with E-state index in [2.05, 4.69) is 10.2 Å². The summed E-state index contributed by atoms with van der Waals surface area (Å²) in [6.45, 7) is 5.01. The maximum Gasteiger partial charge on any atom is 0.410 e. The van der Waals surface area contributed by atoms with Crippen molar-refractivity contribution < 1.29 is 14.3 Å². The summed E-state index contributed by atoms with van der Waals surface area (Å²) in [7, 11) is 0. The second kappa shape index (κ2) is 8.40. The predicted molar refractivity (Wildman–Crippen MR) is 99.7 cm³/mol. The monoisotopic (exact) mass is 358 g/mol. The van der Waals surface area contributed by atoms with Crippen molar-refractivity contribution in [2.24, 2.45) is 17.8 Å². The lowest BCUT2D eigenvalue weighted by molar-refractivity contribution is 0.0353. The molecule has 5 nitrogen and oxygen atoms in total. The van der Waals surface area contributed by atoms with E-state index in [1.165, 1.54) is 0 Å². The smallest absolute Gasteiger partial charge is 0.410 e. The van der Waals surface area contributed by atoms with Crippen molar-refractivity contribution in [3.05, 3.63) is 35.9 Å². The van der Waals surface area contributed by atoms with Crippen LogP contribution in [0.25, 0.3) is 0 Å². The first-order chi connectivity index (χ1) is 12.8. The summed E-state index contributed by atoms with van der Waals surface area (Å²) in [6, 6.07) is 10.3. The summed E-state index contributed by atoms with van der Waals surface area (Å²) < 4.78 is 11.2. The van der Waals surface area contributed by atoms with Gasteiger partial charge in [-0.25, -0.2) is 4.79 Å². The van der Waals surface area contributed by atoms with Gasteiger partial charge in [-0.2, -0.15) is 0 Å². The molecule has 0 radical (unpaired) electrons. The van der Waals surface area contributed by atoms with Gasteiger partial charge < -0.3 is 19.7 Å². The largest absolute Gasteiger partial charge is 0.445 e. The quantitative estimate of drug-likeness (QED) is 0.879. The van der Waals surface area contributed by atoms with Gasteiger partial charge in [0.2, 0.25) is 0 Å². The molecule has 4 rings (SSSR count). The summed E-state index contributed by atoms with van der Waals surface area (Å²) in [5.41, 5.74) is 1.04. The first-order valence-electron chi connectivity index (χ1n) is 10.1. The van der Waals surface area contributed by atoms with Crippen LogP contribution in [0.4, 0.5) is 4.79 Å². The lowest BCUT2D eigenvalue weighted by Crippen LogP contribution is -2.44. The molecule has 1 aromatic carbocycles. The molecule has 2 saturated heterocycles. The van der Waals surface area contributed by atoms with Crippen LogP contribution >= 0.6 is 0 Å². The Kier molecular flexibility index (Phi) is 5.75. The van der Waals surface area contributed by atoms with Gasteiger partial charge in [-0.1, -0.05) is 30.3 Å². The molecule has 2 aliphatic heterocycles. The molecule has 2 unspecified atom stereocenters. The highest BCUT2D eigenvalue weighted by Crippen LogP contribution is 2.38. The number of fused-ring (bicyclic) bond motifs is 1. The van der Waals surface area contributed by atoms with Crippen molar-refractivity contribution in [1.82, 2.24) is 10.2 Å². The fourth-order valence-electron chi connectivity index (χ4n) is 4.77. The van der Waals surface area contributed by atoms with E-state index in [0.717, 1.165) is 75.9 Å². The number of carbonyl (C=O) groups is 1. The molecule has 3 aliphatic rings. The van der Waals surface area contributed by atoms with Crippen molar-refractivity contribution in [1.29, 1.82) is 0 Å². The summed E-state index contributed by atoms with van der Waals surface area (Å²) in [4.78, 5) is 15.0. The SMILES string of the molecule is O=C(OCc1ccccc1)N(CC1CCOCC1)C1CC2CNCC2C1. The molecule has 1 aliphatic carbocycles. The number of hydrogen-bond donors (Lipinski definition) is 1. The normalized spacial score (nSPS) is 28.7. The summed E-state index contributed by atoms with van der Waals surface area (Å²) in [5.74, 6) is 1.98. The first-order valence-corrected chi connectivity index (χ1v) is 10.1. The summed E-state index contributed by atoms with van der Waals surface area (Å²) in [6.07, 6.45) is 4.17. The number of benzene rings is 1.